The lowest BCUT2D eigenvalue weighted by Crippen LogP contribution is -2.46. The van der Waals surface area contributed by atoms with Gasteiger partial charge in [-0.1, -0.05) is 0 Å². The lowest BCUT2D eigenvalue weighted by Gasteiger charge is -2.29. The summed E-state index contributed by atoms with van der Waals surface area (Å²) in [6.07, 6.45) is 3.27. The molecule has 6 N–H and O–H groups in total. The van der Waals surface area contributed by atoms with Gasteiger partial charge in [-0.2, -0.15) is 0 Å². The summed E-state index contributed by atoms with van der Waals surface area (Å²) in [6, 6.07) is -0.423. The molecule has 10 heteroatoms. The van der Waals surface area contributed by atoms with Crippen molar-refractivity contribution in [1.82, 2.24) is 10.6 Å². The van der Waals surface area contributed by atoms with Crippen LogP contribution in [0.1, 0.15) is 39.5 Å². The Morgan fingerprint density at radius 2 is 1.38 bits per heavy atom. The summed E-state index contributed by atoms with van der Waals surface area (Å²) < 4.78 is 17.6. The number of nitrogens with two attached hydrogens (primary N) is 2. The van der Waals surface area contributed by atoms with Crippen LogP contribution in [0, 0.1) is 0 Å². The van der Waals surface area contributed by atoms with Gasteiger partial charge in [0.2, 0.25) is 0 Å². The van der Waals surface area contributed by atoms with Crippen LogP contribution in [0.15, 0.2) is 0 Å². The third-order valence-electron chi connectivity index (χ3n) is 3.13. The van der Waals surface area contributed by atoms with Crippen molar-refractivity contribution in [1.29, 1.82) is 0 Å². The van der Waals surface area contributed by atoms with Crippen LogP contribution in [0.2, 0.25) is 6.04 Å². The highest BCUT2D eigenvalue weighted by Gasteiger charge is 2.39. The molecule has 0 rings (SSSR count). The van der Waals surface area contributed by atoms with Gasteiger partial charge >= 0.3 is 20.9 Å². The van der Waals surface area contributed by atoms with E-state index >= 15 is 0 Å². The van der Waals surface area contributed by atoms with E-state index in [1.807, 2.05) is 13.8 Å². The molecule has 4 amide bonds. The first-order chi connectivity index (χ1) is 11.5. The molecule has 0 aliphatic carbocycles. The van der Waals surface area contributed by atoms with Crippen molar-refractivity contribution < 1.29 is 22.9 Å². The van der Waals surface area contributed by atoms with Gasteiger partial charge in [-0.15, -0.1) is 0 Å². The molecular formula is C14H32N4O5Si. The third-order valence-corrected chi connectivity index (χ3v) is 6.20. The molecule has 9 nitrogen and oxygen atoms in total. The Bertz CT molecular complexity index is 354. The second-order valence-electron chi connectivity index (χ2n) is 5.14. The Hall–Kier alpha value is -1.36. The summed E-state index contributed by atoms with van der Waals surface area (Å²) in [5, 5.41) is 5.10. The first-order valence-electron chi connectivity index (χ1n) is 8.44. The number of nitrogens with one attached hydrogen (secondary N) is 2. The molecule has 0 aliphatic rings. The van der Waals surface area contributed by atoms with Gasteiger partial charge in [0, 0.05) is 39.0 Å². The van der Waals surface area contributed by atoms with Gasteiger partial charge in [0.25, 0.3) is 0 Å². The highest BCUT2D eigenvalue weighted by molar-refractivity contribution is 6.60. The van der Waals surface area contributed by atoms with E-state index in [2.05, 4.69) is 10.6 Å². The molecule has 0 radical (unpaired) electrons. The standard InChI is InChI=1S/C14H32N4O5Si/c1-3-21-24(22-4-2,12-8-10-18-14(16)20)23-11-7-5-6-9-17-13(15)19/h3-12H2,1-2H3,(H3,15,17,19)(H3,16,18,20). The molecule has 0 saturated heterocycles. The van der Waals surface area contributed by atoms with Crippen molar-refractivity contribution in [2.75, 3.05) is 32.9 Å². The smallest absolute Gasteiger partial charge is 0.374 e. The van der Waals surface area contributed by atoms with Crippen LogP contribution in [0.4, 0.5) is 9.59 Å². The monoisotopic (exact) mass is 364 g/mol. The van der Waals surface area contributed by atoms with Gasteiger partial charge < -0.3 is 35.4 Å². The fraction of sp³-hybridized carbons (Fsp3) is 0.857. The fourth-order valence-corrected chi connectivity index (χ4v) is 4.77. The van der Waals surface area contributed by atoms with Gasteiger partial charge in [0.05, 0.1) is 0 Å². The first-order valence-corrected chi connectivity index (χ1v) is 10.4. The van der Waals surface area contributed by atoms with Crippen LogP contribution in [0.25, 0.3) is 0 Å². The Labute approximate surface area is 145 Å². The average Bonchev–Trinajstić information content (AvgIpc) is 2.51. The van der Waals surface area contributed by atoms with E-state index in [9.17, 15) is 9.59 Å². The predicted molar refractivity (Wildman–Crippen MR) is 93.4 cm³/mol. The van der Waals surface area contributed by atoms with Gasteiger partial charge in [-0.3, -0.25) is 0 Å². The van der Waals surface area contributed by atoms with Gasteiger partial charge in [-0.05, 0) is 39.5 Å². The molecule has 0 saturated carbocycles. The minimum Gasteiger partial charge on any atom is -0.374 e. The van der Waals surface area contributed by atoms with Crippen molar-refractivity contribution in [3.63, 3.8) is 0 Å². The lowest BCUT2D eigenvalue weighted by atomic mass is 10.2. The number of unbranched alkanes of at least 4 members (excludes halogenated alkanes) is 2. The van der Waals surface area contributed by atoms with Gasteiger partial charge in [-0.25, -0.2) is 9.59 Å². The molecular weight excluding hydrogens is 332 g/mol. The number of primary amides is 2. The van der Waals surface area contributed by atoms with Crippen LogP contribution >= 0.6 is 0 Å². The average molecular weight is 365 g/mol. The molecule has 0 bridgehead atoms. The van der Waals surface area contributed by atoms with Crippen molar-refractivity contribution in [2.24, 2.45) is 11.5 Å². The van der Waals surface area contributed by atoms with E-state index in [0.29, 0.717) is 45.4 Å². The molecule has 0 aliphatic heterocycles. The maximum absolute atomic E-state index is 10.7. The van der Waals surface area contributed by atoms with Crippen LogP contribution < -0.4 is 22.1 Å². The van der Waals surface area contributed by atoms with Crippen molar-refractivity contribution >= 4 is 20.9 Å². The second kappa shape index (κ2) is 14.0. The van der Waals surface area contributed by atoms with Crippen LogP contribution in [0.3, 0.4) is 0 Å². The minimum absolute atomic E-state index is 0.465. The fourth-order valence-electron chi connectivity index (χ4n) is 2.14. The number of carbonyl (C=O) groups excluding carboxylic acids is 2. The van der Waals surface area contributed by atoms with Crippen LogP contribution in [0.5, 0.6) is 0 Å². The van der Waals surface area contributed by atoms with E-state index in [1.165, 1.54) is 0 Å². The number of amides is 4. The molecule has 0 spiro atoms. The van der Waals surface area contributed by atoms with Crippen LogP contribution in [-0.4, -0.2) is 53.8 Å². The summed E-state index contributed by atoms with van der Waals surface area (Å²) in [4.78, 5) is 21.3. The summed E-state index contributed by atoms with van der Waals surface area (Å²) >= 11 is 0. The van der Waals surface area contributed by atoms with E-state index in [1.54, 1.807) is 0 Å². The zero-order chi connectivity index (χ0) is 18.3. The van der Waals surface area contributed by atoms with Gasteiger partial charge in [0.15, 0.2) is 0 Å². The topological polar surface area (TPSA) is 138 Å². The Balaban J connectivity index is 4.17. The predicted octanol–water partition coefficient (Wildman–Crippen LogP) is 0.912. The van der Waals surface area contributed by atoms with Crippen LogP contribution in [-0.2, 0) is 13.3 Å². The zero-order valence-corrected chi connectivity index (χ0v) is 15.8. The number of hydrogen-bond acceptors (Lipinski definition) is 5. The SMILES string of the molecule is CCO[Si](CCCNC(N)=O)(OCC)OCCCCCNC(N)=O. The molecule has 0 atom stereocenters. The van der Waals surface area contributed by atoms with E-state index in [0.717, 1.165) is 19.3 Å². The first kappa shape index (κ1) is 22.6. The zero-order valence-electron chi connectivity index (χ0n) is 14.8. The summed E-state index contributed by atoms with van der Waals surface area (Å²) in [5.74, 6) is 0. The summed E-state index contributed by atoms with van der Waals surface area (Å²) in [7, 11) is -2.74. The van der Waals surface area contributed by atoms with Crippen molar-refractivity contribution in [3.05, 3.63) is 0 Å². The molecule has 0 aromatic carbocycles. The molecule has 0 fully saturated rings. The summed E-state index contributed by atoms with van der Waals surface area (Å²) in [5.41, 5.74) is 10.0. The summed E-state index contributed by atoms with van der Waals surface area (Å²) in [6.45, 7) is 6.39. The lowest BCUT2D eigenvalue weighted by molar-refractivity contribution is 0.0652. The highest BCUT2D eigenvalue weighted by atomic mass is 28.4. The minimum atomic E-state index is -2.74. The quantitative estimate of drug-likeness (QED) is 0.253. The number of carbonyl (C=O) groups is 2. The third kappa shape index (κ3) is 12.1. The van der Waals surface area contributed by atoms with E-state index in [-0.39, 0.29) is 0 Å². The molecule has 0 unspecified atom stereocenters. The van der Waals surface area contributed by atoms with Crippen molar-refractivity contribution in [2.45, 2.75) is 45.6 Å². The van der Waals surface area contributed by atoms with E-state index in [4.69, 9.17) is 24.7 Å². The number of hydrogen-bond donors (Lipinski definition) is 4. The molecule has 142 valence electrons. The normalized spacial score (nSPS) is 11.2. The Kier molecular flexibility index (Phi) is 13.2. The molecule has 0 aromatic heterocycles. The molecule has 24 heavy (non-hydrogen) atoms. The number of urea groups is 2. The number of rotatable bonds is 15. The molecule has 0 heterocycles. The second-order valence-corrected chi connectivity index (χ2v) is 7.88. The van der Waals surface area contributed by atoms with Crippen molar-refractivity contribution in [3.8, 4) is 0 Å². The Morgan fingerprint density at radius 3 is 1.88 bits per heavy atom. The highest BCUT2D eigenvalue weighted by Crippen LogP contribution is 2.18. The maximum Gasteiger partial charge on any atom is 0.501 e. The Morgan fingerprint density at radius 1 is 0.833 bits per heavy atom. The maximum atomic E-state index is 10.7. The molecule has 0 aromatic rings. The largest absolute Gasteiger partial charge is 0.501 e. The van der Waals surface area contributed by atoms with E-state index < -0.39 is 20.9 Å². The van der Waals surface area contributed by atoms with Gasteiger partial charge in [0.1, 0.15) is 0 Å².